The standard InChI is InChI=1S/C15H17FN2S/c1-2-13(17)9-11-3-8-15(18-10-11)19-14-6-4-12(16)5-7-14/h3-8,10,13H,2,9,17H2,1H3. The summed E-state index contributed by atoms with van der Waals surface area (Å²) in [6, 6.07) is 10.6. The summed E-state index contributed by atoms with van der Waals surface area (Å²) in [7, 11) is 0. The zero-order valence-corrected chi connectivity index (χ0v) is 11.7. The van der Waals surface area contributed by atoms with Gasteiger partial charge in [0.05, 0.1) is 0 Å². The molecule has 1 unspecified atom stereocenters. The Bertz CT molecular complexity index is 511. The molecule has 0 bridgehead atoms. The van der Waals surface area contributed by atoms with E-state index in [4.69, 9.17) is 5.73 Å². The molecular formula is C15H17FN2S. The van der Waals surface area contributed by atoms with Gasteiger partial charge in [0.15, 0.2) is 0 Å². The van der Waals surface area contributed by atoms with Gasteiger partial charge in [-0.25, -0.2) is 9.37 Å². The minimum atomic E-state index is -0.221. The van der Waals surface area contributed by atoms with Gasteiger partial charge in [-0.05, 0) is 48.7 Å². The minimum absolute atomic E-state index is 0.192. The van der Waals surface area contributed by atoms with Crippen LogP contribution in [0, 0.1) is 5.82 Å². The number of benzene rings is 1. The molecule has 4 heteroatoms. The summed E-state index contributed by atoms with van der Waals surface area (Å²) in [5, 5.41) is 0.903. The summed E-state index contributed by atoms with van der Waals surface area (Å²) in [6.07, 6.45) is 3.68. The van der Waals surface area contributed by atoms with Crippen molar-refractivity contribution in [2.24, 2.45) is 5.73 Å². The third-order valence-electron chi connectivity index (χ3n) is 2.86. The Hall–Kier alpha value is -1.39. The van der Waals surface area contributed by atoms with Crippen LogP contribution >= 0.6 is 11.8 Å². The number of nitrogens with two attached hydrogens (primary N) is 1. The van der Waals surface area contributed by atoms with Crippen LogP contribution in [0.4, 0.5) is 4.39 Å². The Labute approximate surface area is 117 Å². The Morgan fingerprint density at radius 3 is 2.53 bits per heavy atom. The number of halogens is 1. The van der Waals surface area contributed by atoms with Gasteiger partial charge in [0.2, 0.25) is 0 Å². The Morgan fingerprint density at radius 1 is 1.21 bits per heavy atom. The van der Waals surface area contributed by atoms with Gasteiger partial charge < -0.3 is 5.73 Å². The second-order valence-corrected chi connectivity index (χ2v) is 5.53. The van der Waals surface area contributed by atoms with Gasteiger partial charge in [-0.2, -0.15) is 0 Å². The van der Waals surface area contributed by atoms with Crippen LogP contribution in [0.15, 0.2) is 52.5 Å². The predicted octanol–water partition coefficient (Wildman–Crippen LogP) is 3.65. The molecule has 0 aliphatic carbocycles. The van der Waals surface area contributed by atoms with Crippen molar-refractivity contribution in [3.8, 4) is 0 Å². The highest BCUT2D eigenvalue weighted by Gasteiger charge is 2.03. The van der Waals surface area contributed by atoms with E-state index in [9.17, 15) is 4.39 Å². The van der Waals surface area contributed by atoms with Crippen LogP contribution in [-0.2, 0) is 6.42 Å². The third-order valence-corrected chi connectivity index (χ3v) is 3.81. The van der Waals surface area contributed by atoms with Crippen LogP contribution in [0.2, 0.25) is 0 Å². The normalized spacial score (nSPS) is 12.4. The molecule has 0 saturated heterocycles. The highest BCUT2D eigenvalue weighted by atomic mass is 32.2. The number of rotatable bonds is 5. The van der Waals surface area contributed by atoms with Crippen LogP contribution in [0.1, 0.15) is 18.9 Å². The Kier molecular flexibility index (Phi) is 4.93. The lowest BCUT2D eigenvalue weighted by Gasteiger charge is -2.08. The summed E-state index contributed by atoms with van der Waals surface area (Å²) < 4.78 is 12.8. The molecule has 2 nitrogen and oxygen atoms in total. The van der Waals surface area contributed by atoms with E-state index >= 15 is 0 Å². The van der Waals surface area contributed by atoms with Crippen molar-refractivity contribution < 1.29 is 4.39 Å². The molecule has 0 aliphatic rings. The van der Waals surface area contributed by atoms with E-state index in [-0.39, 0.29) is 11.9 Å². The maximum absolute atomic E-state index is 12.8. The van der Waals surface area contributed by atoms with Crippen LogP contribution in [0.5, 0.6) is 0 Å². The number of hydrogen-bond acceptors (Lipinski definition) is 3. The maximum atomic E-state index is 12.8. The number of pyridine rings is 1. The number of aromatic nitrogens is 1. The van der Waals surface area contributed by atoms with Gasteiger partial charge in [0.1, 0.15) is 10.8 Å². The molecule has 1 heterocycles. The Morgan fingerprint density at radius 2 is 1.95 bits per heavy atom. The van der Waals surface area contributed by atoms with Crippen molar-refractivity contribution in [2.75, 3.05) is 0 Å². The van der Waals surface area contributed by atoms with Crippen LogP contribution in [0.3, 0.4) is 0 Å². The molecule has 1 aromatic carbocycles. The summed E-state index contributed by atoms with van der Waals surface area (Å²) in [4.78, 5) is 5.38. The molecule has 0 spiro atoms. The first-order valence-corrected chi connectivity index (χ1v) is 7.13. The summed E-state index contributed by atoms with van der Waals surface area (Å²) in [5.41, 5.74) is 7.06. The summed E-state index contributed by atoms with van der Waals surface area (Å²) in [5.74, 6) is -0.221. The molecule has 0 saturated carbocycles. The van der Waals surface area contributed by atoms with Gasteiger partial charge in [-0.3, -0.25) is 0 Å². The van der Waals surface area contributed by atoms with Crippen LogP contribution in [-0.4, -0.2) is 11.0 Å². The zero-order chi connectivity index (χ0) is 13.7. The molecule has 19 heavy (non-hydrogen) atoms. The van der Waals surface area contributed by atoms with Crippen LogP contribution < -0.4 is 5.73 Å². The predicted molar refractivity (Wildman–Crippen MR) is 76.7 cm³/mol. The topological polar surface area (TPSA) is 38.9 Å². The van der Waals surface area contributed by atoms with Gasteiger partial charge in [-0.1, -0.05) is 24.8 Å². The molecule has 0 aliphatic heterocycles. The van der Waals surface area contributed by atoms with E-state index in [1.54, 1.807) is 12.1 Å². The SMILES string of the molecule is CCC(N)Cc1ccc(Sc2ccc(F)cc2)nc1. The minimum Gasteiger partial charge on any atom is -0.327 e. The molecule has 0 fully saturated rings. The molecule has 2 N–H and O–H groups in total. The highest BCUT2D eigenvalue weighted by molar-refractivity contribution is 7.99. The fourth-order valence-corrected chi connectivity index (χ4v) is 2.42. The average Bonchev–Trinajstić information content (AvgIpc) is 2.43. The lowest BCUT2D eigenvalue weighted by Crippen LogP contribution is -2.21. The lowest BCUT2D eigenvalue weighted by molar-refractivity contribution is 0.626. The second kappa shape index (κ2) is 6.68. The smallest absolute Gasteiger partial charge is 0.123 e. The van der Waals surface area contributed by atoms with Crippen molar-refractivity contribution in [3.63, 3.8) is 0 Å². The highest BCUT2D eigenvalue weighted by Crippen LogP contribution is 2.26. The number of nitrogens with zero attached hydrogens (tertiary/aromatic N) is 1. The molecule has 2 rings (SSSR count). The van der Waals surface area contributed by atoms with E-state index in [0.29, 0.717) is 0 Å². The number of hydrogen-bond donors (Lipinski definition) is 1. The largest absolute Gasteiger partial charge is 0.327 e. The lowest BCUT2D eigenvalue weighted by atomic mass is 10.1. The van der Waals surface area contributed by atoms with E-state index in [0.717, 1.165) is 28.3 Å². The van der Waals surface area contributed by atoms with Gasteiger partial charge in [0.25, 0.3) is 0 Å². The van der Waals surface area contributed by atoms with Gasteiger partial charge >= 0.3 is 0 Å². The molecule has 100 valence electrons. The fraction of sp³-hybridized carbons (Fsp3) is 0.267. The first kappa shape index (κ1) is 14.0. The van der Waals surface area contributed by atoms with E-state index < -0.39 is 0 Å². The monoisotopic (exact) mass is 276 g/mol. The molecule has 0 radical (unpaired) electrons. The molecule has 1 atom stereocenters. The molecule has 0 amide bonds. The van der Waals surface area contributed by atoms with Crippen molar-refractivity contribution in [1.82, 2.24) is 4.98 Å². The fourth-order valence-electron chi connectivity index (χ4n) is 1.66. The maximum Gasteiger partial charge on any atom is 0.123 e. The first-order valence-electron chi connectivity index (χ1n) is 6.31. The average molecular weight is 276 g/mol. The van der Waals surface area contributed by atoms with Crippen molar-refractivity contribution >= 4 is 11.8 Å². The zero-order valence-electron chi connectivity index (χ0n) is 10.8. The molecular weight excluding hydrogens is 259 g/mol. The van der Waals surface area contributed by atoms with Crippen molar-refractivity contribution in [3.05, 3.63) is 54.0 Å². The van der Waals surface area contributed by atoms with Crippen molar-refractivity contribution in [1.29, 1.82) is 0 Å². The van der Waals surface area contributed by atoms with Gasteiger partial charge in [-0.15, -0.1) is 0 Å². The first-order chi connectivity index (χ1) is 9.17. The Balaban J connectivity index is 2.00. The third kappa shape index (κ3) is 4.33. The second-order valence-electron chi connectivity index (χ2n) is 4.43. The van der Waals surface area contributed by atoms with Crippen molar-refractivity contribution in [2.45, 2.75) is 35.7 Å². The van der Waals surface area contributed by atoms with E-state index in [1.165, 1.54) is 23.9 Å². The summed E-state index contributed by atoms with van der Waals surface area (Å²) >= 11 is 1.52. The quantitative estimate of drug-likeness (QED) is 0.906. The molecule has 2 aromatic rings. The summed E-state index contributed by atoms with van der Waals surface area (Å²) in [6.45, 7) is 2.08. The van der Waals surface area contributed by atoms with Gasteiger partial charge in [0, 0.05) is 17.1 Å². The van der Waals surface area contributed by atoms with E-state index in [2.05, 4.69) is 11.9 Å². The van der Waals surface area contributed by atoms with E-state index in [1.807, 2.05) is 18.3 Å². The molecule has 1 aromatic heterocycles. The van der Waals surface area contributed by atoms with Crippen LogP contribution in [0.25, 0.3) is 0 Å².